The maximum absolute atomic E-state index is 14.8. The van der Waals surface area contributed by atoms with Crippen LogP contribution in [0.15, 0.2) is 69.3 Å². The Balaban J connectivity index is 1.98. The van der Waals surface area contributed by atoms with Gasteiger partial charge in [-0.3, -0.25) is 5.73 Å². The fourth-order valence-electron chi connectivity index (χ4n) is 3.01. The van der Waals surface area contributed by atoms with Gasteiger partial charge in [-0.25, -0.2) is 31.4 Å². The molecule has 2 aromatic carbocycles. The number of anilines is 1. The summed E-state index contributed by atoms with van der Waals surface area (Å²) >= 11 is 0. The molecule has 1 atom stereocenters. The number of guanidine groups is 1. The molecule has 0 saturated heterocycles. The number of halogens is 1. The van der Waals surface area contributed by atoms with Crippen LogP contribution in [0.3, 0.4) is 0 Å². The number of nitrogens with one attached hydrogen (secondary N) is 3. The summed E-state index contributed by atoms with van der Waals surface area (Å²) in [4.78, 5) is 3.89. The van der Waals surface area contributed by atoms with E-state index in [2.05, 4.69) is 26.3 Å². The summed E-state index contributed by atoms with van der Waals surface area (Å²) in [6, 6.07) is 9.71. The molecule has 0 radical (unpaired) electrons. The van der Waals surface area contributed by atoms with Crippen molar-refractivity contribution in [1.29, 1.82) is 0 Å². The first-order valence-electron chi connectivity index (χ1n) is 9.32. The number of terminal acetylenes is 1. The van der Waals surface area contributed by atoms with E-state index >= 15 is 0 Å². The van der Waals surface area contributed by atoms with Crippen LogP contribution >= 0.6 is 0 Å². The molecule has 0 saturated carbocycles. The highest BCUT2D eigenvalue weighted by atomic mass is 32.2. The van der Waals surface area contributed by atoms with Crippen molar-refractivity contribution in [2.45, 2.75) is 22.4 Å². The molecule has 33 heavy (non-hydrogen) atoms. The molecule has 0 aromatic heterocycles. The largest absolute Gasteiger partial charge is 0.330 e. The Morgan fingerprint density at radius 1 is 1.21 bits per heavy atom. The van der Waals surface area contributed by atoms with Gasteiger partial charge in [-0.2, -0.15) is 4.72 Å². The van der Waals surface area contributed by atoms with Gasteiger partial charge in [-0.15, -0.1) is 6.42 Å². The van der Waals surface area contributed by atoms with Crippen molar-refractivity contribution in [2.75, 3.05) is 11.9 Å². The zero-order valence-corrected chi connectivity index (χ0v) is 19.0. The van der Waals surface area contributed by atoms with Crippen molar-refractivity contribution in [3.05, 3.63) is 65.6 Å². The molecule has 10 nitrogen and oxygen atoms in total. The molecule has 1 unspecified atom stereocenters. The molecule has 2 aromatic rings. The Morgan fingerprint density at radius 2 is 1.94 bits per heavy atom. The predicted octanol–water partition coefficient (Wildman–Crippen LogP) is 0.548. The lowest BCUT2D eigenvalue weighted by molar-refractivity contribution is 0.411. The van der Waals surface area contributed by atoms with Crippen LogP contribution < -0.4 is 26.2 Å². The third kappa shape index (κ3) is 5.21. The molecule has 0 spiro atoms. The number of benzene rings is 2. The van der Waals surface area contributed by atoms with Crippen molar-refractivity contribution >= 4 is 31.7 Å². The van der Waals surface area contributed by atoms with Crippen LogP contribution in [0.1, 0.15) is 11.1 Å². The molecule has 1 aliphatic rings. The third-order valence-corrected chi connectivity index (χ3v) is 7.15. The van der Waals surface area contributed by atoms with Crippen molar-refractivity contribution in [3.8, 4) is 12.3 Å². The van der Waals surface area contributed by atoms with Gasteiger partial charge in [0.25, 0.3) is 0 Å². The van der Waals surface area contributed by atoms with Gasteiger partial charge in [0, 0.05) is 17.5 Å². The Kier molecular flexibility index (Phi) is 6.59. The Hall–Kier alpha value is -3.28. The number of aliphatic imine (C=N–C) groups is 1. The zero-order valence-electron chi connectivity index (χ0n) is 17.3. The first-order valence-corrected chi connectivity index (χ1v) is 12.4. The zero-order chi connectivity index (χ0) is 24.4. The fourth-order valence-corrected chi connectivity index (χ4v) is 4.80. The second-order valence-corrected chi connectivity index (χ2v) is 10.4. The van der Waals surface area contributed by atoms with Gasteiger partial charge >= 0.3 is 0 Å². The standard InChI is InChI=1S/C20H21FN6O4S2/c1-3-9-25-33(30,31)16-6-4-5-14(10-16)20(22)18(21)12-24-19(27-20)26-15-8-7-13(2)17(11-15)32(23,28)29/h1,4-8,10-12,25H,9,22H2,2H3,(H2,23,28,29)(H2,24,26,27). The minimum atomic E-state index is -3.97. The van der Waals surface area contributed by atoms with Crippen LogP contribution in [0.2, 0.25) is 0 Å². The normalized spacial score (nSPS) is 18.5. The molecule has 0 aliphatic carbocycles. The summed E-state index contributed by atoms with van der Waals surface area (Å²) in [6.07, 6.45) is 6.05. The smallest absolute Gasteiger partial charge is 0.241 e. The summed E-state index contributed by atoms with van der Waals surface area (Å²) in [5.74, 6) is 1.27. The highest BCUT2D eigenvalue weighted by Gasteiger charge is 2.36. The van der Waals surface area contributed by atoms with E-state index in [1.165, 1.54) is 36.4 Å². The van der Waals surface area contributed by atoms with Crippen molar-refractivity contribution in [1.82, 2.24) is 10.0 Å². The van der Waals surface area contributed by atoms with Crippen LogP contribution in [-0.2, 0) is 25.7 Å². The quantitative estimate of drug-likeness (QED) is 0.367. The lowest BCUT2D eigenvalue weighted by Gasteiger charge is -2.29. The SMILES string of the molecule is C#CCNS(=O)(=O)c1cccc(C2(N)N=C(Nc3ccc(C)c(S(N)(=O)=O)c3)NC=C2F)c1. The molecule has 0 amide bonds. The first-order chi connectivity index (χ1) is 15.4. The maximum atomic E-state index is 14.8. The molecule has 7 N–H and O–H groups in total. The van der Waals surface area contributed by atoms with E-state index in [9.17, 15) is 21.2 Å². The van der Waals surface area contributed by atoms with Crippen molar-refractivity contribution < 1.29 is 21.2 Å². The number of sulfonamides is 2. The van der Waals surface area contributed by atoms with Crippen LogP contribution in [-0.4, -0.2) is 29.3 Å². The number of primary sulfonamides is 1. The van der Waals surface area contributed by atoms with Gasteiger partial charge in [-0.05, 0) is 36.8 Å². The fraction of sp³-hybridized carbons (Fsp3) is 0.150. The first kappa shape index (κ1) is 24.4. The lowest BCUT2D eigenvalue weighted by atomic mass is 9.99. The number of nitrogens with zero attached hydrogens (tertiary/aromatic N) is 1. The van der Waals surface area contributed by atoms with E-state index in [1.807, 2.05) is 0 Å². The third-order valence-electron chi connectivity index (χ3n) is 4.69. The van der Waals surface area contributed by atoms with E-state index in [-0.39, 0.29) is 27.9 Å². The molecular weight excluding hydrogens is 471 g/mol. The summed E-state index contributed by atoms with van der Waals surface area (Å²) in [5.41, 5.74) is 4.96. The molecule has 0 bridgehead atoms. The highest BCUT2D eigenvalue weighted by Crippen LogP contribution is 2.32. The second kappa shape index (κ2) is 8.93. The van der Waals surface area contributed by atoms with Crippen molar-refractivity contribution in [2.24, 2.45) is 15.9 Å². The topological polar surface area (TPSA) is 169 Å². The van der Waals surface area contributed by atoms with Crippen LogP contribution in [0, 0.1) is 19.3 Å². The number of rotatable bonds is 6. The Morgan fingerprint density at radius 3 is 2.61 bits per heavy atom. The number of aryl methyl sites for hydroxylation is 1. The highest BCUT2D eigenvalue weighted by molar-refractivity contribution is 7.89. The average Bonchev–Trinajstić information content (AvgIpc) is 2.75. The minimum absolute atomic E-state index is 0.0122. The van der Waals surface area contributed by atoms with E-state index in [4.69, 9.17) is 17.3 Å². The van der Waals surface area contributed by atoms with E-state index in [0.29, 0.717) is 11.3 Å². The Bertz CT molecular complexity index is 1410. The summed E-state index contributed by atoms with van der Waals surface area (Å²) in [7, 11) is -7.92. The van der Waals surface area contributed by atoms with Crippen molar-refractivity contribution in [3.63, 3.8) is 0 Å². The molecule has 3 rings (SSSR count). The van der Waals surface area contributed by atoms with E-state index in [1.54, 1.807) is 13.0 Å². The monoisotopic (exact) mass is 492 g/mol. The van der Waals surface area contributed by atoms with E-state index < -0.39 is 31.5 Å². The number of hydrogen-bond donors (Lipinski definition) is 5. The molecule has 174 valence electrons. The average molecular weight is 493 g/mol. The van der Waals surface area contributed by atoms with Crippen LogP contribution in [0.25, 0.3) is 0 Å². The predicted molar refractivity (Wildman–Crippen MR) is 122 cm³/mol. The minimum Gasteiger partial charge on any atom is -0.330 e. The molecule has 1 aliphatic heterocycles. The van der Waals surface area contributed by atoms with Gasteiger partial charge in [0.2, 0.25) is 26.0 Å². The lowest BCUT2D eigenvalue weighted by Crippen LogP contribution is -2.44. The van der Waals surface area contributed by atoms with Crippen LogP contribution in [0.5, 0.6) is 0 Å². The number of hydrogen-bond acceptors (Lipinski definition) is 8. The summed E-state index contributed by atoms with van der Waals surface area (Å²) in [6.45, 7) is 1.37. The second-order valence-electron chi connectivity index (χ2n) is 7.07. The molecule has 0 fully saturated rings. The molecule has 13 heteroatoms. The van der Waals surface area contributed by atoms with Gasteiger partial charge < -0.3 is 10.6 Å². The molecular formula is C20H21FN6O4S2. The van der Waals surface area contributed by atoms with Crippen LogP contribution in [0.4, 0.5) is 10.1 Å². The Labute approximate surface area is 191 Å². The van der Waals surface area contributed by atoms with Gasteiger partial charge in [0.15, 0.2) is 11.5 Å². The van der Waals surface area contributed by atoms with E-state index in [0.717, 1.165) is 6.20 Å². The summed E-state index contributed by atoms with van der Waals surface area (Å²) in [5, 5.41) is 10.6. The maximum Gasteiger partial charge on any atom is 0.241 e. The van der Waals surface area contributed by atoms with Gasteiger partial charge in [-0.1, -0.05) is 24.1 Å². The molecule has 1 heterocycles. The number of nitrogens with two attached hydrogens (primary N) is 2. The summed E-state index contributed by atoms with van der Waals surface area (Å²) < 4.78 is 65.3. The van der Waals surface area contributed by atoms with Gasteiger partial charge in [0.1, 0.15) is 0 Å². The van der Waals surface area contributed by atoms with Gasteiger partial charge in [0.05, 0.1) is 16.3 Å².